The van der Waals surface area contributed by atoms with Crippen LogP contribution in [0.5, 0.6) is 0 Å². The number of carbonyl (C=O) groups excluding carboxylic acids is 2. The molecule has 3 aromatic heterocycles. The van der Waals surface area contributed by atoms with Gasteiger partial charge in [-0.1, -0.05) is 38.1 Å². The molecule has 6 aromatic rings. The van der Waals surface area contributed by atoms with Crippen LogP contribution in [0.4, 0.5) is 0 Å². The zero-order valence-corrected chi connectivity index (χ0v) is 28.4. The molecule has 0 saturated carbocycles. The topological polar surface area (TPSA) is 63.2 Å². The number of carbonyl (C=O) groups is 2. The lowest BCUT2D eigenvalue weighted by molar-refractivity contribution is 0.0592. The maximum Gasteiger partial charge on any atom is 0.261 e. The molecule has 3 aromatic carbocycles. The Hall–Kier alpha value is -3.24. The highest BCUT2D eigenvalue weighted by Crippen LogP contribution is 2.51. The highest BCUT2D eigenvalue weighted by molar-refractivity contribution is 9.11. The van der Waals surface area contributed by atoms with Gasteiger partial charge in [-0.25, -0.2) is 9.97 Å². The second kappa shape index (κ2) is 9.63. The van der Waals surface area contributed by atoms with Gasteiger partial charge in [-0.05, 0) is 87.0 Å². The third-order valence-corrected chi connectivity index (χ3v) is 11.8. The van der Waals surface area contributed by atoms with E-state index in [9.17, 15) is 9.59 Å². The SMILES string of the molecule is Cc1cc(Br)sc1-c1ccc(-c2sc(Br)cc2C)c2nc3c(nc12)-c1ccc2c4c(ccc-3c14)C(=O)N(CC(C)C)C2=O. The summed E-state index contributed by atoms with van der Waals surface area (Å²) in [4.78, 5) is 41.6. The molecular weight excluding hydrogens is 706 g/mol. The van der Waals surface area contributed by atoms with Crippen LogP contribution in [0.2, 0.25) is 0 Å². The van der Waals surface area contributed by atoms with E-state index in [1.807, 2.05) is 38.1 Å². The molecule has 5 nitrogen and oxygen atoms in total. The van der Waals surface area contributed by atoms with E-state index in [2.05, 4.69) is 70.0 Å². The van der Waals surface area contributed by atoms with Crippen molar-refractivity contribution in [3.63, 3.8) is 0 Å². The minimum atomic E-state index is -0.237. The summed E-state index contributed by atoms with van der Waals surface area (Å²) in [5, 5.41) is 1.60. The number of aryl methyl sites for hydroxylation is 2. The Morgan fingerprint density at radius 2 is 1.07 bits per heavy atom. The summed E-state index contributed by atoms with van der Waals surface area (Å²) in [6, 6.07) is 16.3. The van der Waals surface area contributed by atoms with Crippen LogP contribution >= 0.6 is 54.5 Å². The lowest BCUT2D eigenvalue weighted by atomic mass is 9.90. The lowest BCUT2D eigenvalue weighted by Gasteiger charge is -2.28. The van der Waals surface area contributed by atoms with E-state index in [1.54, 1.807) is 22.7 Å². The molecule has 0 bridgehead atoms. The molecule has 0 atom stereocenters. The van der Waals surface area contributed by atoms with Gasteiger partial charge in [-0.2, -0.15) is 0 Å². The minimum absolute atomic E-state index is 0.174. The highest BCUT2D eigenvalue weighted by atomic mass is 79.9. The van der Waals surface area contributed by atoms with Crippen molar-refractivity contribution in [2.45, 2.75) is 27.7 Å². The van der Waals surface area contributed by atoms with Gasteiger partial charge in [-0.3, -0.25) is 14.5 Å². The smallest absolute Gasteiger partial charge is 0.261 e. The van der Waals surface area contributed by atoms with Gasteiger partial charge in [0.15, 0.2) is 0 Å². The van der Waals surface area contributed by atoms with Crippen molar-refractivity contribution in [1.82, 2.24) is 14.9 Å². The number of rotatable bonds is 4. The molecule has 212 valence electrons. The number of amides is 2. The minimum Gasteiger partial charge on any atom is -0.274 e. The molecule has 8 rings (SSSR count). The number of benzene rings is 3. The van der Waals surface area contributed by atoms with Crippen LogP contribution in [0.3, 0.4) is 0 Å². The summed E-state index contributed by atoms with van der Waals surface area (Å²) in [7, 11) is 0. The van der Waals surface area contributed by atoms with Crippen LogP contribution < -0.4 is 0 Å². The first kappa shape index (κ1) is 27.3. The quantitative estimate of drug-likeness (QED) is 0.169. The van der Waals surface area contributed by atoms with Gasteiger partial charge in [0.25, 0.3) is 11.8 Å². The summed E-state index contributed by atoms with van der Waals surface area (Å²) >= 11 is 10.7. The average molecular weight is 730 g/mol. The standard InChI is InChI=1S/C34H23Br2N3O2S2/c1-14(2)13-39-33(40)19-7-5-17-25-18(6-8-20(26(19)25)34(39)41)28-27(17)37-29-21(31-15(3)11-23(35)42-31)9-10-22(30(29)38-28)32-16(4)12-24(36)43-32/h5-12,14H,13H2,1-4H3. The first-order valence-electron chi connectivity index (χ1n) is 14.0. The van der Waals surface area contributed by atoms with Gasteiger partial charge >= 0.3 is 0 Å². The molecule has 0 saturated heterocycles. The Morgan fingerprint density at radius 3 is 1.47 bits per heavy atom. The summed E-state index contributed by atoms with van der Waals surface area (Å²) in [6.07, 6.45) is 0. The molecular formula is C34H23Br2N3O2S2. The number of halogens is 2. The highest BCUT2D eigenvalue weighted by Gasteiger charge is 2.37. The Kier molecular flexibility index (Phi) is 6.12. The van der Waals surface area contributed by atoms with Gasteiger partial charge in [0.2, 0.25) is 0 Å². The predicted molar refractivity (Wildman–Crippen MR) is 183 cm³/mol. The number of hydrogen-bond acceptors (Lipinski definition) is 6. The normalized spacial score (nSPS) is 13.7. The van der Waals surface area contributed by atoms with E-state index >= 15 is 0 Å². The fourth-order valence-electron chi connectivity index (χ4n) is 6.46. The summed E-state index contributed by atoms with van der Waals surface area (Å²) in [6.45, 7) is 8.65. The van der Waals surface area contributed by atoms with Gasteiger partial charge in [0.1, 0.15) is 0 Å². The third-order valence-electron chi connectivity index (χ3n) is 8.26. The predicted octanol–water partition coefficient (Wildman–Crippen LogP) is 10.3. The molecule has 0 spiro atoms. The van der Waals surface area contributed by atoms with Crippen LogP contribution in [0.25, 0.3) is 65.2 Å². The second-order valence-electron chi connectivity index (χ2n) is 11.6. The van der Waals surface area contributed by atoms with E-state index in [0.29, 0.717) is 23.1 Å². The van der Waals surface area contributed by atoms with Crippen molar-refractivity contribution in [3.05, 3.63) is 78.4 Å². The number of aromatic nitrogens is 2. The Morgan fingerprint density at radius 1 is 0.674 bits per heavy atom. The third kappa shape index (κ3) is 3.91. The van der Waals surface area contributed by atoms with Crippen LogP contribution in [0.15, 0.2) is 56.1 Å². The second-order valence-corrected chi connectivity index (χ2v) is 16.5. The zero-order chi connectivity index (χ0) is 29.9. The molecule has 2 amide bonds. The molecule has 43 heavy (non-hydrogen) atoms. The fourth-order valence-corrected chi connectivity index (χ4v) is 9.97. The molecule has 0 fully saturated rings. The van der Waals surface area contributed by atoms with Crippen LogP contribution in [-0.2, 0) is 0 Å². The maximum absolute atomic E-state index is 13.6. The number of thiophene rings is 2. The first-order chi connectivity index (χ1) is 20.6. The van der Waals surface area contributed by atoms with E-state index in [0.717, 1.165) is 67.4 Å². The van der Waals surface area contributed by atoms with E-state index in [1.165, 1.54) is 16.0 Å². The molecule has 0 unspecified atom stereocenters. The Balaban J connectivity index is 1.43. The van der Waals surface area contributed by atoms with Gasteiger partial charge in [0, 0.05) is 60.5 Å². The van der Waals surface area contributed by atoms with Crippen LogP contribution in [-0.4, -0.2) is 33.2 Å². The molecule has 0 N–H and O–H groups in total. The molecule has 9 heteroatoms. The van der Waals surface area contributed by atoms with Crippen molar-refractivity contribution >= 4 is 88.2 Å². The molecule has 1 aliphatic heterocycles. The van der Waals surface area contributed by atoms with Crippen molar-refractivity contribution in [2.75, 3.05) is 6.54 Å². The molecule has 1 aliphatic carbocycles. The molecule has 4 heterocycles. The number of nitrogens with zero attached hydrogens (tertiary/aromatic N) is 3. The van der Waals surface area contributed by atoms with E-state index in [4.69, 9.17) is 9.97 Å². The summed E-state index contributed by atoms with van der Waals surface area (Å²) in [5.41, 5.74) is 10.6. The van der Waals surface area contributed by atoms with Crippen molar-refractivity contribution in [1.29, 1.82) is 0 Å². The lowest BCUT2D eigenvalue weighted by Crippen LogP contribution is -2.42. The zero-order valence-electron chi connectivity index (χ0n) is 23.6. The molecule has 2 aliphatic rings. The van der Waals surface area contributed by atoms with Gasteiger partial charge < -0.3 is 0 Å². The fraction of sp³-hybridized carbons (Fsp3) is 0.176. The Labute approximate surface area is 272 Å². The summed E-state index contributed by atoms with van der Waals surface area (Å²) in [5.74, 6) is -0.300. The van der Waals surface area contributed by atoms with E-state index < -0.39 is 0 Å². The average Bonchev–Trinajstić information content (AvgIpc) is 3.60. The largest absolute Gasteiger partial charge is 0.274 e. The number of hydrogen-bond donors (Lipinski definition) is 0. The number of fused-ring (bicyclic) bond motifs is 4. The van der Waals surface area contributed by atoms with Crippen molar-refractivity contribution < 1.29 is 9.59 Å². The van der Waals surface area contributed by atoms with Crippen molar-refractivity contribution in [3.8, 4) is 43.4 Å². The van der Waals surface area contributed by atoms with Gasteiger partial charge in [0.05, 0.1) is 30.0 Å². The number of imide groups is 1. The molecule has 0 radical (unpaired) electrons. The Bertz CT molecular complexity index is 2100. The summed E-state index contributed by atoms with van der Waals surface area (Å²) < 4.78 is 2.13. The maximum atomic E-state index is 13.6. The first-order valence-corrected chi connectivity index (χ1v) is 17.2. The van der Waals surface area contributed by atoms with Crippen LogP contribution in [0, 0.1) is 19.8 Å². The van der Waals surface area contributed by atoms with Crippen molar-refractivity contribution in [2.24, 2.45) is 5.92 Å². The van der Waals surface area contributed by atoms with Crippen LogP contribution in [0.1, 0.15) is 45.7 Å². The monoisotopic (exact) mass is 727 g/mol. The van der Waals surface area contributed by atoms with E-state index in [-0.39, 0.29) is 17.7 Å². The van der Waals surface area contributed by atoms with Gasteiger partial charge in [-0.15, -0.1) is 22.7 Å².